The summed E-state index contributed by atoms with van der Waals surface area (Å²) in [5, 5.41) is 0. The van der Waals surface area contributed by atoms with Crippen molar-refractivity contribution in [2.75, 3.05) is 12.3 Å². The highest BCUT2D eigenvalue weighted by atomic mass is 16.5. The van der Waals surface area contributed by atoms with E-state index in [0.717, 1.165) is 12.2 Å². The first-order valence-electron chi connectivity index (χ1n) is 4.21. The minimum atomic E-state index is 0.592. The summed E-state index contributed by atoms with van der Waals surface area (Å²) in [6, 6.07) is 7.46. The van der Waals surface area contributed by atoms with E-state index in [9.17, 15) is 0 Å². The van der Waals surface area contributed by atoms with Gasteiger partial charge in [0.1, 0.15) is 5.75 Å². The molecular weight excluding hydrogens is 162 g/mol. The number of rotatable bonds is 3. The van der Waals surface area contributed by atoms with Gasteiger partial charge in [0.2, 0.25) is 0 Å². The van der Waals surface area contributed by atoms with Crippen molar-refractivity contribution in [3.63, 3.8) is 0 Å². The molecule has 0 aliphatic heterocycles. The molecule has 0 saturated carbocycles. The topological polar surface area (TPSA) is 35.2 Å². The Morgan fingerprint density at radius 1 is 1.38 bits per heavy atom. The molecule has 0 fully saturated rings. The van der Waals surface area contributed by atoms with Gasteiger partial charge in [0, 0.05) is 6.42 Å². The third-order valence-electron chi connectivity index (χ3n) is 1.58. The highest BCUT2D eigenvalue weighted by Gasteiger charge is 1.95. The molecule has 13 heavy (non-hydrogen) atoms. The monoisotopic (exact) mass is 175 g/mol. The maximum atomic E-state index is 5.67. The van der Waals surface area contributed by atoms with Crippen molar-refractivity contribution in [2.24, 2.45) is 0 Å². The van der Waals surface area contributed by atoms with E-state index in [1.54, 1.807) is 0 Å². The summed E-state index contributed by atoms with van der Waals surface area (Å²) in [5.74, 6) is 6.47. The molecule has 0 spiro atoms. The SMILES string of the molecule is CC#CCCOc1ccccc1N. The first-order valence-corrected chi connectivity index (χ1v) is 4.21. The Morgan fingerprint density at radius 3 is 2.85 bits per heavy atom. The van der Waals surface area contributed by atoms with Gasteiger partial charge in [0.05, 0.1) is 12.3 Å². The molecule has 2 nitrogen and oxygen atoms in total. The first-order chi connectivity index (χ1) is 6.34. The Bertz CT molecular complexity index is 322. The van der Waals surface area contributed by atoms with Crippen molar-refractivity contribution in [1.82, 2.24) is 0 Å². The average molecular weight is 175 g/mol. The summed E-state index contributed by atoms with van der Waals surface area (Å²) in [5.41, 5.74) is 6.35. The van der Waals surface area contributed by atoms with E-state index in [2.05, 4.69) is 11.8 Å². The number of nitrogen functional groups attached to an aromatic ring is 1. The van der Waals surface area contributed by atoms with Gasteiger partial charge in [-0.05, 0) is 19.1 Å². The summed E-state index contributed by atoms with van der Waals surface area (Å²) in [7, 11) is 0. The summed E-state index contributed by atoms with van der Waals surface area (Å²) in [6.07, 6.45) is 0.741. The lowest BCUT2D eigenvalue weighted by molar-refractivity contribution is 0.329. The lowest BCUT2D eigenvalue weighted by Crippen LogP contribution is -1.98. The maximum absolute atomic E-state index is 5.67. The highest BCUT2D eigenvalue weighted by Crippen LogP contribution is 2.19. The molecule has 0 unspecified atom stereocenters. The van der Waals surface area contributed by atoms with E-state index in [4.69, 9.17) is 10.5 Å². The maximum Gasteiger partial charge on any atom is 0.142 e. The average Bonchev–Trinajstić information content (AvgIpc) is 2.15. The molecule has 0 radical (unpaired) electrons. The molecule has 0 amide bonds. The fraction of sp³-hybridized carbons (Fsp3) is 0.273. The van der Waals surface area contributed by atoms with Crippen LogP contribution in [0.15, 0.2) is 24.3 Å². The number of benzene rings is 1. The molecule has 1 aromatic rings. The van der Waals surface area contributed by atoms with Gasteiger partial charge in [-0.3, -0.25) is 0 Å². The Labute approximate surface area is 78.7 Å². The quantitative estimate of drug-likeness (QED) is 0.433. The van der Waals surface area contributed by atoms with Gasteiger partial charge in [0.25, 0.3) is 0 Å². The second-order valence-corrected chi connectivity index (χ2v) is 2.56. The molecule has 0 saturated heterocycles. The zero-order chi connectivity index (χ0) is 9.52. The molecule has 0 bridgehead atoms. The van der Waals surface area contributed by atoms with E-state index in [1.165, 1.54) is 0 Å². The molecule has 0 aliphatic rings. The van der Waals surface area contributed by atoms with Crippen molar-refractivity contribution in [3.8, 4) is 17.6 Å². The molecule has 2 heteroatoms. The minimum absolute atomic E-state index is 0.592. The Morgan fingerprint density at radius 2 is 2.15 bits per heavy atom. The summed E-state index contributed by atoms with van der Waals surface area (Å²) in [6.45, 7) is 2.41. The number of nitrogens with two attached hydrogens (primary N) is 1. The number of anilines is 1. The predicted octanol–water partition coefficient (Wildman–Crippen LogP) is 2.06. The van der Waals surface area contributed by atoms with Crippen LogP contribution in [0.5, 0.6) is 5.75 Å². The van der Waals surface area contributed by atoms with Gasteiger partial charge in [-0.2, -0.15) is 0 Å². The van der Waals surface area contributed by atoms with Gasteiger partial charge in [-0.25, -0.2) is 0 Å². The lowest BCUT2D eigenvalue weighted by Gasteiger charge is -2.05. The van der Waals surface area contributed by atoms with Crippen molar-refractivity contribution in [3.05, 3.63) is 24.3 Å². The standard InChI is InChI=1S/C11H13NO/c1-2-3-6-9-13-11-8-5-4-7-10(11)12/h4-5,7-8H,6,9,12H2,1H3. The van der Waals surface area contributed by atoms with Crippen LogP contribution in [0, 0.1) is 11.8 Å². The molecule has 68 valence electrons. The van der Waals surface area contributed by atoms with Gasteiger partial charge < -0.3 is 10.5 Å². The molecule has 1 aromatic carbocycles. The van der Waals surface area contributed by atoms with E-state index >= 15 is 0 Å². The number of hydrogen-bond donors (Lipinski definition) is 1. The van der Waals surface area contributed by atoms with Crippen LogP contribution in [0.2, 0.25) is 0 Å². The van der Waals surface area contributed by atoms with Crippen molar-refractivity contribution in [1.29, 1.82) is 0 Å². The number of ether oxygens (including phenoxy) is 1. The van der Waals surface area contributed by atoms with Crippen LogP contribution >= 0.6 is 0 Å². The van der Waals surface area contributed by atoms with Gasteiger partial charge in [-0.1, -0.05) is 12.1 Å². The van der Waals surface area contributed by atoms with Gasteiger partial charge >= 0.3 is 0 Å². The number of para-hydroxylation sites is 2. The van der Waals surface area contributed by atoms with Crippen LogP contribution in [-0.2, 0) is 0 Å². The second-order valence-electron chi connectivity index (χ2n) is 2.56. The Kier molecular flexibility index (Phi) is 3.72. The second kappa shape index (κ2) is 5.10. The third kappa shape index (κ3) is 3.08. The normalized spacial score (nSPS) is 8.69. The summed E-state index contributed by atoms with van der Waals surface area (Å²) in [4.78, 5) is 0. The van der Waals surface area contributed by atoms with Gasteiger partial charge in [-0.15, -0.1) is 11.8 Å². The van der Waals surface area contributed by atoms with Gasteiger partial charge in [0.15, 0.2) is 0 Å². The zero-order valence-electron chi connectivity index (χ0n) is 7.71. The molecule has 0 aromatic heterocycles. The third-order valence-corrected chi connectivity index (χ3v) is 1.58. The van der Waals surface area contributed by atoms with Crippen LogP contribution < -0.4 is 10.5 Å². The molecular formula is C11H13NO. The van der Waals surface area contributed by atoms with Crippen LogP contribution in [0.1, 0.15) is 13.3 Å². The van der Waals surface area contributed by atoms with E-state index in [-0.39, 0.29) is 0 Å². The molecule has 0 atom stereocenters. The van der Waals surface area contributed by atoms with Crippen LogP contribution in [0.3, 0.4) is 0 Å². The van der Waals surface area contributed by atoms with Crippen molar-refractivity contribution in [2.45, 2.75) is 13.3 Å². The molecule has 2 N–H and O–H groups in total. The van der Waals surface area contributed by atoms with Crippen LogP contribution in [0.4, 0.5) is 5.69 Å². The predicted molar refractivity (Wildman–Crippen MR) is 54.4 cm³/mol. The zero-order valence-corrected chi connectivity index (χ0v) is 7.71. The van der Waals surface area contributed by atoms with Crippen molar-refractivity contribution < 1.29 is 4.74 Å². The minimum Gasteiger partial charge on any atom is -0.490 e. The summed E-state index contributed by atoms with van der Waals surface area (Å²) >= 11 is 0. The molecule has 1 rings (SSSR count). The highest BCUT2D eigenvalue weighted by molar-refractivity contribution is 5.51. The van der Waals surface area contributed by atoms with Crippen LogP contribution in [0.25, 0.3) is 0 Å². The fourth-order valence-electron chi connectivity index (χ4n) is 0.949. The largest absolute Gasteiger partial charge is 0.490 e. The molecule has 0 heterocycles. The Balaban J connectivity index is 2.44. The van der Waals surface area contributed by atoms with Crippen LogP contribution in [-0.4, -0.2) is 6.61 Å². The van der Waals surface area contributed by atoms with E-state index in [0.29, 0.717) is 12.3 Å². The first kappa shape index (κ1) is 9.47. The lowest BCUT2D eigenvalue weighted by atomic mass is 10.3. The fourth-order valence-corrected chi connectivity index (χ4v) is 0.949. The van der Waals surface area contributed by atoms with Crippen molar-refractivity contribution >= 4 is 5.69 Å². The smallest absolute Gasteiger partial charge is 0.142 e. The van der Waals surface area contributed by atoms with E-state index in [1.807, 2.05) is 31.2 Å². The van der Waals surface area contributed by atoms with E-state index < -0.39 is 0 Å². The Hall–Kier alpha value is -1.62. The number of hydrogen-bond acceptors (Lipinski definition) is 2. The molecule has 0 aliphatic carbocycles. The summed E-state index contributed by atoms with van der Waals surface area (Å²) < 4.78 is 5.41.